The molecule has 0 N–H and O–H groups in total. The van der Waals surface area contributed by atoms with Gasteiger partial charge in [-0.3, -0.25) is 0 Å². The summed E-state index contributed by atoms with van der Waals surface area (Å²) in [7, 11) is 11.0. The van der Waals surface area contributed by atoms with Crippen LogP contribution in [0, 0.1) is 6.92 Å². The van der Waals surface area contributed by atoms with Crippen molar-refractivity contribution in [3.8, 4) is 22.3 Å². The molecule has 0 saturated heterocycles. The molecule has 6 aromatic carbocycles. The van der Waals surface area contributed by atoms with Crippen molar-refractivity contribution in [1.82, 2.24) is 0 Å². The van der Waals surface area contributed by atoms with Crippen LogP contribution in [0.1, 0.15) is 95.4 Å². The molecule has 0 unspecified atom stereocenters. The second-order valence-electron chi connectivity index (χ2n) is 15.6. The summed E-state index contributed by atoms with van der Waals surface area (Å²) in [5.74, 6) is 0.786. The Kier molecular flexibility index (Phi) is 15.0. The van der Waals surface area contributed by atoms with Gasteiger partial charge in [0.15, 0.2) is 0 Å². The molecule has 1 aliphatic rings. The van der Waals surface area contributed by atoms with Gasteiger partial charge in [-0.25, -0.2) is 0 Å². The third-order valence-electron chi connectivity index (χ3n) is 9.62. The number of rotatable bonds is 3. The summed E-state index contributed by atoms with van der Waals surface area (Å²) in [6.07, 6.45) is 5.53. The molecular weight excluding hydrogens is 743 g/mol. The van der Waals surface area contributed by atoms with Crippen LogP contribution < -0.4 is 0 Å². The first-order chi connectivity index (χ1) is 23.8. The van der Waals surface area contributed by atoms with Crippen LogP contribution in [0.4, 0.5) is 0 Å². The molecule has 7 rings (SSSR count). The van der Waals surface area contributed by atoms with E-state index in [1.807, 2.05) is 0 Å². The molecule has 260 valence electrons. The van der Waals surface area contributed by atoms with Crippen LogP contribution in [0.15, 0.2) is 109 Å². The number of benzene rings is 4. The number of halogens is 2. The second kappa shape index (κ2) is 18.5. The first kappa shape index (κ1) is 40.5. The summed E-state index contributed by atoms with van der Waals surface area (Å²) >= 11 is -0.826. The van der Waals surface area contributed by atoms with E-state index in [4.69, 9.17) is 17.0 Å². The monoisotopic (exact) mass is 794 g/mol. The van der Waals surface area contributed by atoms with Crippen molar-refractivity contribution in [1.29, 1.82) is 0 Å². The van der Waals surface area contributed by atoms with Crippen LogP contribution in [0.3, 0.4) is 0 Å². The molecule has 0 aliphatic heterocycles. The zero-order valence-electron chi connectivity index (χ0n) is 31.6. The Bertz CT molecular complexity index is 1910. The van der Waals surface area contributed by atoms with Crippen molar-refractivity contribution >= 4 is 48.1 Å². The van der Waals surface area contributed by atoms with Gasteiger partial charge in [-0.05, 0) is 51.8 Å². The maximum atomic E-state index is 4.93. The Hall–Kier alpha value is -2.22. The van der Waals surface area contributed by atoms with Gasteiger partial charge in [0.05, 0.1) is 0 Å². The third-order valence-corrected chi connectivity index (χ3v) is 9.62. The van der Waals surface area contributed by atoms with E-state index in [2.05, 4.69) is 171 Å². The average Bonchev–Trinajstić information content (AvgIpc) is 3.84. The van der Waals surface area contributed by atoms with Gasteiger partial charge in [0.25, 0.3) is 0 Å². The molecule has 0 atom stereocenters. The summed E-state index contributed by atoms with van der Waals surface area (Å²) in [4.78, 5) is 0. The summed E-state index contributed by atoms with van der Waals surface area (Å²) in [5.41, 5.74) is 11.4. The first-order valence-electron chi connectivity index (χ1n) is 17.9. The van der Waals surface area contributed by atoms with Crippen molar-refractivity contribution in [3.63, 3.8) is 0 Å². The van der Waals surface area contributed by atoms with Gasteiger partial charge < -0.3 is 0 Å². The van der Waals surface area contributed by atoms with E-state index in [1.54, 1.807) is 5.56 Å². The third kappa shape index (κ3) is 10.7. The van der Waals surface area contributed by atoms with E-state index in [0.717, 1.165) is 15.4 Å². The van der Waals surface area contributed by atoms with Crippen molar-refractivity contribution in [2.24, 2.45) is 0 Å². The zero-order chi connectivity index (χ0) is 36.5. The van der Waals surface area contributed by atoms with Gasteiger partial charge in [-0.1, -0.05) is 146 Å². The van der Waals surface area contributed by atoms with Crippen LogP contribution in [-0.4, -0.2) is 9.52 Å². The first-order valence-corrected chi connectivity index (χ1v) is 26.3. The Morgan fingerprint density at radius 3 is 1.44 bits per heavy atom. The van der Waals surface area contributed by atoms with Crippen LogP contribution in [0.25, 0.3) is 43.8 Å². The average molecular weight is 797 g/mol. The van der Waals surface area contributed by atoms with E-state index in [9.17, 15) is 0 Å². The quantitative estimate of drug-likeness (QED) is 0.124. The molecule has 1 saturated carbocycles. The summed E-state index contributed by atoms with van der Waals surface area (Å²) in [6.45, 7) is 20.0. The molecule has 4 heteroatoms. The van der Waals surface area contributed by atoms with Gasteiger partial charge >= 0.3 is 37.9 Å². The fraction of sp³-hybridized carbons (Fsp3) is 0.348. The second-order valence-corrected chi connectivity index (χ2v) is 20.4. The van der Waals surface area contributed by atoms with Crippen LogP contribution >= 0.6 is 17.0 Å². The Morgan fingerprint density at radius 2 is 1.02 bits per heavy atom. The van der Waals surface area contributed by atoms with Crippen molar-refractivity contribution < 1.29 is 20.8 Å². The summed E-state index contributed by atoms with van der Waals surface area (Å²) in [6, 6.07) is 40.9. The Morgan fingerprint density at radius 1 is 0.620 bits per heavy atom. The predicted molar refractivity (Wildman–Crippen MR) is 222 cm³/mol. The van der Waals surface area contributed by atoms with E-state index in [-0.39, 0.29) is 10.8 Å². The number of hydrogen-bond donors (Lipinski definition) is 0. The minimum absolute atomic E-state index is 0.209. The van der Waals surface area contributed by atoms with Gasteiger partial charge in [-0.2, -0.15) is 12.1 Å². The molecule has 0 heterocycles. The number of hydrogen-bond acceptors (Lipinski definition) is 0. The number of aryl methyl sites for hydroxylation is 1. The molecule has 1 aliphatic carbocycles. The fourth-order valence-corrected chi connectivity index (χ4v) is 6.94. The zero-order valence-corrected chi connectivity index (χ0v) is 36.5. The molecule has 0 spiro atoms. The normalized spacial score (nSPS) is 13.1. The van der Waals surface area contributed by atoms with Crippen molar-refractivity contribution in [2.45, 2.75) is 104 Å². The predicted octanol–water partition coefficient (Wildman–Crippen LogP) is 15.2. The molecule has 0 nitrogen and oxygen atoms in total. The van der Waals surface area contributed by atoms with Crippen LogP contribution in [-0.2, 0) is 31.7 Å². The van der Waals surface area contributed by atoms with E-state index >= 15 is 0 Å². The molecule has 0 aromatic heterocycles. The SMILES string of the molecule is CC(C)(C)c1ccc(-c2cccc3[cH-]c(C4CCCC4)cc23)cc1.C[Si]C.Cc1cc2c(-c3ccc(C(C)(C)C)cc3)cccc2[cH-]1.[Cl][Zr+2][Cl]. The van der Waals surface area contributed by atoms with Crippen LogP contribution in [0.2, 0.25) is 13.1 Å². The van der Waals surface area contributed by atoms with Gasteiger partial charge in [0.1, 0.15) is 0 Å². The molecular formula is C46H54Cl2SiZr. The molecule has 1 fully saturated rings. The van der Waals surface area contributed by atoms with Gasteiger partial charge in [0.2, 0.25) is 0 Å². The fourth-order valence-electron chi connectivity index (χ4n) is 6.94. The molecule has 6 aromatic rings. The van der Waals surface area contributed by atoms with Crippen molar-refractivity contribution in [3.05, 3.63) is 131 Å². The molecule has 2 radical (unpaired) electrons. The van der Waals surface area contributed by atoms with Crippen molar-refractivity contribution in [2.75, 3.05) is 0 Å². The maximum absolute atomic E-state index is 4.93. The van der Waals surface area contributed by atoms with Gasteiger partial charge in [0, 0.05) is 9.52 Å². The number of fused-ring (bicyclic) bond motifs is 2. The standard InChI is InChI=1S/C24H27.C20H21.C2H6Si.2ClH.Zr/c1-24(2,3)21-13-11-18(12-14-21)22-10-6-9-19-15-20(16-23(19)22)17-7-4-5-8-17;1-14-12-16-6-5-7-18(19(16)13-14)15-8-10-17(11-9-15)20(2,3)4;1-3-2;;;/h6,9-17H,4-5,7-8H2,1-3H3;5-13H,1-4H3;1-2H3;2*1H;/q2*-1;;;;+4/p-2. The molecule has 0 bridgehead atoms. The Balaban J connectivity index is 0.000000197. The molecule has 50 heavy (non-hydrogen) atoms. The Labute approximate surface area is 324 Å². The van der Waals surface area contributed by atoms with Gasteiger partial charge in [-0.15, -0.1) is 69.1 Å². The summed E-state index contributed by atoms with van der Waals surface area (Å²) < 4.78 is 0. The topological polar surface area (TPSA) is 0 Å². The van der Waals surface area contributed by atoms with E-state index in [1.165, 1.54) is 86.2 Å². The van der Waals surface area contributed by atoms with E-state index < -0.39 is 20.8 Å². The summed E-state index contributed by atoms with van der Waals surface area (Å²) in [5, 5.41) is 5.51. The van der Waals surface area contributed by atoms with E-state index in [0.29, 0.717) is 0 Å². The minimum atomic E-state index is -0.826. The van der Waals surface area contributed by atoms with Crippen LogP contribution in [0.5, 0.6) is 0 Å². The molecule has 0 amide bonds.